The fourth-order valence-corrected chi connectivity index (χ4v) is 2.98. The summed E-state index contributed by atoms with van der Waals surface area (Å²) in [6.07, 6.45) is 2.76. The molecule has 2 nitrogen and oxygen atoms in total. The maximum Gasteiger partial charge on any atom is 0.258 e. The average Bonchev–Trinajstić information content (AvgIpc) is 2.81. The van der Waals surface area contributed by atoms with E-state index in [0.29, 0.717) is 18.7 Å². The Morgan fingerprint density at radius 2 is 2.11 bits per heavy atom. The van der Waals surface area contributed by atoms with Gasteiger partial charge in [-0.25, -0.2) is 8.78 Å². The Morgan fingerprint density at radius 1 is 1.42 bits per heavy atom. The lowest BCUT2D eigenvalue weighted by Crippen LogP contribution is -2.27. The number of fused-ring (bicyclic) bond motifs is 1. The SMILES string of the molecule is C[CH]Cc1ccc(N2CC3C(C2)C3(F)F)cc1C#N. The van der Waals surface area contributed by atoms with Crippen LogP contribution < -0.4 is 4.90 Å². The van der Waals surface area contributed by atoms with Crippen LogP contribution in [0.25, 0.3) is 0 Å². The number of hydrogen-bond acceptors (Lipinski definition) is 2. The first-order valence-corrected chi connectivity index (χ1v) is 6.51. The van der Waals surface area contributed by atoms with Crippen LogP contribution in [0.15, 0.2) is 18.2 Å². The van der Waals surface area contributed by atoms with Crippen LogP contribution in [0, 0.1) is 29.6 Å². The summed E-state index contributed by atoms with van der Waals surface area (Å²) in [5.41, 5.74) is 2.52. The average molecular weight is 261 g/mol. The predicted molar refractivity (Wildman–Crippen MR) is 69.0 cm³/mol. The van der Waals surface area contributed by atoms with Gasteiger partial charge in [-0.15, -0.1) is 0 Å². The monoisotopic (exact) mass is 261 g/mol. The third-order valence-corrected chi connectivity index (χ3v) is 4.20. The van der Waals surface area contributed by atoms with E-state index in [1.165, 1.54) is 0 Å². The molecule has 99 valence electrons. The van der Waals surface area contributed by atoms with E-state index >= 15 is 0 Å². The molecule has 4 heteroatoms. The van der Waals surface area contributed by atoms with Crippen LogP contribution in [0.4, 0.5) is 14.5 Å². The highest BCUT2D eigenvalue weighted by atomic mass is 19.3. The van der Waals surface area contributed by atoms with Gasteiger partial charge in [-0.2, -0.15) is 5.26 Å². The van der Waals surface area contributed by atoms with E-state index in [-0.39, 0.29) is 0 Å². The number of benzene rings is 1. The largest absolute Gasteiger partial charge is 0.370 e. The van der Waals surface area contributed by atoms with Crippen LogP contribution in [0.5, 0.6) is 0 Å². The number of rotatable bonds is 3. The summed E-state index contributed by atoms with van der Waals surface area (Å²) in [7, 11) is 0. The highest BCUT2D eigenvalue weighted by Crippen LogP contribution is 2.59. The summed E-state index contributed by atoms with van der Waals surface area (Å²) < 4.78 is 26.3. The van der Waals surface area contributed by atoms with Crippen molar-refractivity contribution in [1.82, 2.24) is 0 Å². The molecule has 1 aromatic carbocycles. The van der Waals surface area contributed by atoms with Crippen molar-refractivity contribution in [2.75, 3.05) is 18.0 Å². The molecule has 19 heavy (non-hydrogen) atoms. The maximum atomic E-state index is 13.2. The van der Waals surface area contributed by atoms with E-state index in [9.17, 15) is 8.78 Å². The molecule has 2 atom stereocenters. The topological polar surface area (TPSA) is 27.0 Å². The molecule has 1 heterocycles. The summed E-state index contributed by atoms with van der Waals surface area (Å²) in [6, 6.07) is 7.87. The van der Waals surface area contributed by atoms with E-state index in [1.807, 2.05) is 36.4 Å². The van der Waals surface area contributed by atoms with Crippen molar-refractivity contribution in [3.8, 4) is 6.07 Å². The van der Waals surface area contributed by atoms with E-state index in [1.54, 1.807) is 0 Å². The third-order valence-electron chi connectivity index (χ3n) is 4.20. The summed E-state index contributed by atoms with van der Waals surface area (Å²) in [5, 5.41) is 9.15. The first-order valence-electron chi connectivity index (χ1n) is 6.51. The van der Waals surface area contributed by atoms with Crippen molar-refractivity contribution in [1.29, 1.82) is 5.26 Å². The molecule has 1 aliphatic heterocycles. The third kappa shape index (κ3) is 1.88. The van der Waals surface area contributed by atoms with Gasteiger partial charge < -0.3 is 4.90 Å². The number of hydrogen-bond donors (Lipinski definition) is 0. The van der Waals surface area contributed by atoms with Gasteiger partial charge >= 0.3 is 0 Å². The van der Waals surface area contributed by atoms with Crippen LogP contribution in [-0.4, -0.2) is 19.0 Å². The van der Waals surface area contributed by atoms with Crippen LogP contribution in [0.3, 0.4) is 0 Å². The molecule has 2 fully saturated rings. The molecule has 1 saturated heterocycles. The van der Waals surface area contributed by atoms with Gasteiger partial charge in [0, 0.05) is 18.8 Å². The van der Waals surface area contributed by atoms with E-state index in [4.69, 9.17) is 5.26 Å². The number of halogens is 2. The Balaban J connectivity index is 1.79. The van der Waals surface area contributed by atoms with Crippen molar-refractivity contribution < 1.29 is 8.78 Å². The second-order valence-corrected chi connectivity index (χ2v) is 5.36. The van der Waals surface area contributed by atoms with Crippen molar-refractivity contribution in [3.63, 3.8) is 0 Å². The lowest BCUT2D eigenvalue weighted by Gasteiger charge is -2.22. The molecule has 1 radical (unpaired) electrons. The van der Waals surface area contributed by atoms with Gasteiger partial charge in [0.25, 0.3) is 5.92 Å². The van der Waals surface area contributed by atoms with Crippen molar-refractivity contribution >= 4 is 5.69 Å². The second kappa shape index (κ2) is 4.19. The van der Waals surface area contributed by atoms with Crippen LogP contribution >= 0.6 is 0 Å². The first-order chi connectivity index (χ1) is 9.07. The fourth-order valence-electron chi connectivity index (χ4n) is 2.98. The van der Waals surface area contributed by atoms with Gasteiger partial charge in [-0.3, -0.25) is 0 Å². The van der Waals surface area contributed by atoms with Gasteiger partial charge in [0.15, 0.2) is 0 Å². The zero-order valence-electron chi connectivity index (χ0n) is 10.7. The smallest absolute Gasteiger partial charge is 0.258 e. The van der Waals surface area contributed by atoms with Crippen LogP contribution in [0.2, 0.25) is 0 Å². The molecule has 1 aromatic rings. The standard InChI is InChI=1S/C15H15F2N2/c1-2-3-10-4-5-12(6-11(10)7-18)19-8-13-14(9-19)15(13,16)17/h2,4-6,13-14H,3,8-9H2,1H3. The van der Waals surface area contributed by atoms with Gasteiger partial charge in [-0.05, 0) is 30.5 Å². The Morgan fingerprint density at radius 3 is 2.68 bits per heavy atom. The van der Waals surface area contributed by atoms with Crippen LogP contribution in [0.1, 0.15) is 18.1 Å². The summed E-state index contributed by atoms with van der Waals surface area (Å²) in [4.78, 5) is 1.97. The fraction of sp³-hybridized carbons (Fsp3) is 0.467. The second-order valence-electron chi connectivity index (χ2n) is 5.36. The van der Waals surface area contributed by atoms with Crippen molar-refractivity contribution in [2.45, 2.75) is 19.3 Å². The minimum atomic E-state index is -2.45. The van der Waals surface area contributed by atoms with Gasteiger partial charge in [0.05, 0.1) is 23.5 Å². The normalized spacial score (nSPS) is 26.9. The van der Waals surface area contributed by atoms with Crippen LogP contribution in [-0.2, 0) is 6.42 Å². The Hall–Kier alpha value is -1.63. The number of alkyl halides is 2. The molecule has 1 aliphatic carbocycles. The molecule has 1 saturated carbocycles. The molecule has 0 amide bonds. The zero-order chi connectivity index (χ0) is 13.6. The molecule has 0 bridgehead atoms. The number of piperidine rings is 1. The minimum absolute atomic E-state index is 0.405. The first kappa shape index (κ1) is 12.4. The summed E-state index contributed by atoms with van der Waals surface area (Å²) >= 11 is 0. The molecule has 0 spiro atoms. The van der Waals surface area contributed by atoms with Crippen molar-refractivity contribution in [3.05, 3.63) is 35.7 Å². The highest BCUT2D eigenvalue weighted by molar-refractivity contribution is 5.56. The molecule has 3 rings (SSSR count). The molecule has 0 aromatic heterocycles. The number of anilines is 1. The quantitative estimate of drug-likeness (QED) is 0.836. The minimum Gasteiger partial charge on any atom is -0.370 e. The molecule has 2 aliphatic rings. The van der Waals surface area contributed by atoms with E-state index < -0.39 is 17.8 Å². The van der Waals surface area contributed by atoms with E-state index in [0.717, 1.165) is 17.7 Å². The molecule has 2 unspecified atom stereocenters. The maximum absolute atomic E-state index is 13.2. The Labute approximate surface area is 111 Å². The zero-order valence-corrected chi connectivity index (χ0v) is 10.7. The van der Waals surface area contributed by atoms with Gasteiger partial charge in [0.1, 0.15) is 0 Å². The highest BCUT2D eigenvalue weighted by Gasteiger charge is 2.71. The van der Waals surface area contributed by atoms with E-state index in [2.05, 4.69) is 6.07 Å². The Bertz CT molecular complexity index is 534. The predicted octanol–water partition coefficient (Wildman–Crippen LogP) is 3.03. The van der Waals surface area contributed by atoms with Gasteiger partial charge in [-0.1, -0.05) is 13.0 Å². The summed E-state index contributed by atoms with van der Waals surface area (Å²) in [5.74, 6) is -3.42. The number of nitriles is 1. The number of nitrogens with zero attached hydrogens (tertiary/aromatic N) is 2. The summed E-state index contributed by atoms with van der Waals surface area (Å²) in [6.45, 7) is 2.76. The molecular weight excluding hydrogens is 246 g/mol. The lowest BCUT2D eigenvalue weighted by atomic mass is 10.0. The van der Waals surface area contributed by atoms with Crippen molar-refractivity contribution in [2.24, 2.45) is 11.8 Å². The van der Waals surface area contributed by atoms with Gasteiger partial charge in [0.2, 0.25) is 0 Å². The Kier molecular flexibility index (Phi) is 2.74. The molecule has 0 N–H and O–H groups in total. The molecular formula is C15H15F2N2. The lowest BCUT2D eigenvalue weighted by molar-refractivity contribution is 0.0798.